The third-order valence-electron chi connectivity index (χ3n) is 5.03. The Morgan fingerprint density at radius 1 is 1.17 bits per heavy atom. The highest BCUT2D eigenvalue weighted by molar-refractivity contribution is 6.43. The van der Waals surface area contributed by atoms with Crippen LogP contribution >= 0.6 is 35.6 Å². The molecule has 1 aliphatic rings. The highest BCUT2D eigenvalue weighted by Crippen LogP contribution is 2.29. The number of carbonyl (C=O) groups excluding carboxylic acids is 1. The summed E-state index contributed by atoms with van der Waals surface area (Å²) in [6.07, 6.45) is 5.87. The summed E-state index contributed by atoms with van der Waals surface area (Å²) in [5.41, 5.74) is 0.504. The van der Waals surface area contributed by atoms with Gasteiger partial charge in [0.05, 0.1) is 15.7 Å². The van der Waals surface area contributed by atoms with Gasteiger partial charge in [-0.2, -0.15) is 4.98 Å². The van der Waals surface area contributed by atoms with E-state index >= 15 is 0 Å². The second-order valence-corrected chi connectivity index (χ2v) is 8.22. The summed E-state index contributed by atoms with van der Waals surface area (Å²) >= 11 is 12.1. The zero-order valence-corrected chi connectivity index (χ0v) is 19.3. The van der Waals surface area contributed by atoms with E-state index in [2.05, 4.69) is 25.9 Å². The number of nitrogens with zero attached hydrogens (tertiary/aromatic N) is 3. The van der Waals surface area contributed by atoms with Crippen LogP contribution in [0.2, 0.25) is 10.0 Å². The molecule has 1 aromatic carbocycles. The molecule has 164 valence electrons. The molecule has 1 aromatic heterocycles. The smallest absolute Gasteiger partial charge is 0.319 e. The fourth-order valence-corrected chi connectivity index (χ4v) is 3.71. The zero-order valence-electron chi connectivity index (χ0n) is 17.0. The van der Waals surface area contributed by atoms with Crippen molar-refractivity contribution in [3.05, 3.63) is 40.5 Å². The first-order chi connectivity index (χ1) is 13.9. The van der Waals surface area contributed by atoms with Crippen LogP contribution in [0, 0.1) is 5.92 Å². The Balaban J connectivity index is 0.00000320. The Hall–Kier alpha value is -1.96. The van der Waals surface area contributed by atoms with Gasteiger partial charge in [-0.25, -0.2) is 9.78 Å². The first kappa shape index (κ1) is 24.3. The number of hydrogen-bond donors (Lipinski definition) is 3. The zero-order chi connectivity index (χ0) is 20.8. The normalized spacial score (nSPS) is 18.1. The van der Waals surface area contributed by atoms with Crippen LogP contribution in [0.5, 0.6) is 0 Å². The van der Waals surface area contributed by atoms with Crippen molar-refractivity contribution >= 4 is 59.1 Å². The van der Waals surface area contributed by atoms with Crippen molar-refractivity contribution in [2.75, 3.05) is 36.2 Å². The monoisotopic (exact) mass is 472 g/mol. The molecule has 0 bridgehead atoms. The third-order valence-corrected chi connectivity index (χ3v) is 5.85. The Morgan fingerprint density at radius 3 is 2.60 bits per heavy atom. The van der Waals surface area contributed by atoms with Crippen molar-refractivity contribution in [1.82, 2.24) is 15.3 Å². The van der Waals surface area contributed by atoms with Crippen molar-refractivity contribution in [2.45, 2.75) is 31.7 Å². The van der Waals surface area contributed by atoms with Crippen molar-refractivity contribution in [1.29, 1.82) is 0 Å². The van der Waals surface area contributed by atoms with Gasteiger partial charge in [-0.15, -0.1) is 12.4 Å². The van der Waals surface area contributed by atoms with Crippen LogP contribution in [0.15, 0.2) is 30.5 Å². The molecule has 1 heterocycles. The first-order valence-electron chi connectivity index (χ1n) is 9.68. The maximum Gasteiger partial charge on any atom is 0.319 e. The van der Waals surface area contributed by atoms with E-state index in [0.29, 0.717) is 40.2 Å². The lowest BCUT2D eigenvalue weighted by Crippen LogP contribution is -2.36. The second kappa shape index (κ2) is 11.4. The van der Waals surface area contributed by atoms with Crippen molar-refractivity contribution in [3.63, 3.8) is 0 Å². The Labute approximate surface area is 193 Å². The van der Waals surface area contributed by atoms with Gasteiger partial charge in [-0.3, -0.25) is 0 Å². The molecular formula is C20H27Cl3N6O. The van der Waals surface area contributed by atoms with E-state index in [4.69, 9.17) is 23.2 Å². The lowest BCUT2D eigenvalue weighted by atomic mass is 9.86. The SMILES string of the molecule is CN(C)c1ccnc(N[C@H]2CC[C@@H](CNC(=O)Nc3cccc(Cl)c3Cl)CC2)n1.Cl. The molecule has 0 aliphatic heterocycles. The number of rotatable bonds is 6. The highest BCUT2D eigenvalue weighted by atomic mass is 35.5. The van der Waals surface area contributed by atoms with Gasteiger partial charge >= 0.3 is 6.03 Å². The number of benzene rings is 1. The molecule has 0 atom stereocenters. The van der Waals surface area contributed by atoms with E-state index in [1.54, 1.807) is 24.4 Å². The largest absolute Gasteiger partial charge is 0.363 e. The van der Waals surface area contributed by atoms with Crippen LogP contribution in [-0.4, -0.2) is 42.7 Å². The lowest BCUT2D eigenvalue weighted by molar-refractivity contribution is 0.246. The fraction of sp³-hybridized carbons (Fsp3) is 0.450. The minimum atomic E-state index is -0.275. The van der Waals surface area contributed by atoms with Crippen LogP contribution < -0.4 is 20.9 Å². The standard InChI is InChI=1S/C20H26Cl2N6O.ClH/c1-28(2)17-10-11-23-19(27-17)25-14-8-6-13(7-9-14)12-24-20(29)26-16-5-3-4-15(21)18(16)22;/h3-5,10-11,13-14H,6-9,12H2,1-2H3,(H,23,25,27)(H2,24,26,29);1H/t13-,14+;. The van der Waals surface area contributed by atoms with Crippen molar-refractivity contribution < 1.29 is 4.79 Å². The molecule has 7 nitrogen and oxygen atoms in total. The quantitative estimate of drug-likeness (QED) is 0.546. The van der Waals surface area contributed by atoms with Gasteiger partial charge in [0.1, 0.15) is 5.82 Å². The van der Waals surface area contributed by atoms with Gasteiger partial charge < -0.3 is 20.9 Å². The molecule has 3 rings (SSSR count). The van der Waals surface area contributed by atoms with E-state index in [1.807, 2.05) is 25.1 Å². The number of anilines is 3. The molecule has 1 saturated carbocycles. The average Bonchev–Trinajstić information content (AvgIpc) is 2.71. The predicted molar refractivity (Wildman–Crippen MR) is 126 cm³/mol. The van der Waals surface area contributed by atoms with Gasteiger partial charge in [0.25, 0.3) is 0 Å². The third kappa shape index (κ3) is 6.79. The van der Waals surface area contributed by atoms with E-state index in [9.17, 15) is 4.79 Å². The number of nitrogens with one attached hydrogen (secondary N) is 3. The summed E-state index contributed by atoms with van der Waals surface area (Å²) in [6.45, 7) is 0.628. The molecule has 0 saturated heterocycles. The molecule has 2 aromatic rings. The van der Waals surface area contributed by atoms with Gasteiger partial charge in [0.15, 0.2) is 0 Å². The van der Waals surface area contributed by atoms with Crippen molar-refractivity contribution in [2.24, 2.45) is 5.92 Å². The molecule has 3 N–H and O–H groups in total. The highest BCUT2D eigenvalue weighted by Gasteiger charge is 2.22. The van der Waals surface area contributed by atoms with Crippen LogP contribution in [0.4, 0.5) is 22.2 Å². The lowest BCUT2D eigenvalue weighted by Gasteiger charge is -2.29. The molecule has 0 unspecified atom stereocenters. The molecule has 10 heteroatoms. The number of hydrogen-bond acceptors (Lipinski definition) is 5. The maximum absolute atomic E-state index is 12.2. The number of carbonyl (C=O) groups is 1. The molecular weight excluding hydrogens is 447 g/mol. The van der Waals surface area contributed by atoms with Gasteiger partial charge in [-0.05, 0) is 49.8 Å². The van der Waals surface area contributed by atoms with E-state index in [0.717, 1.165) is 31.5 Å². The summed E-state index contributed by atoms with van der Waals surface area (Å²) in [6, 6.07) is 7.11. The van der Waals surface area contributed by atoms with Crippen LogP contribution in [-0.2, 0) is 0 Å². The Kier molecular flexibility index (Phi) is 9.27. The average molecular weight is 474 g/mol. The molecule has 30 heavy (non-hydrogen) atoms. The summed E-state index contributed by atoms with van der Waals surface area (Å²) in [4.78, 5) is 22.9. The first-order valence-corrected chi connectivity index (χ1v) is 10.4. The van der Waals surface area contributed by atoms with E-state index in [-0.39, 0.29) is 18.4 Å². The summed E-state index contributed by atoms with van der Waals surface area (Å²) in [5.74, 6) is 1.99. The number of halogens is 3. The van der Waals surface area contributed by atoms with Gasteiger partial charge in [0.2, 0.25) is 5.95 Å². The number of amides is 2. The minimum Gasteiger partial charge on any atom is -0.363 e. The summed E-state index contributed by atoms with van der Waals surface area (Å²) < 4.78 is 0. The number of aromatic nitrogens is 2. The maximum atomic E-state index is 12.2. The van der Waals surface area contributed by atoms with Crippen LogP contribution in [0.3, 0.4) is 0 Å². The molecule has 0 spiro atoms. The fourth-order valence-electron chi connectivity index (χ4n) is 3.37. The van der Waals surface area contributed by atoms with Crippen LogP contribution in [0.1, 0.15) is 25.7 Å². The summed E-state index contributed by atoms with van der Waals surface area (Å²) in [5, 5.41) is 9.86. The molecule has 2 amide bonds. The van der Waals surface area contributed by atoms with Gasteiger partial charge in [-0.1, -0.05) is 29.3 Å². The Bertz CT molecular complexity index is 843. The Morgan fingerprint density at radius 2 is 1.90 bits per heavy atom. The van der Waals surface area contributed by atoms with Crippen LogP contribution in [0.25, 0.3) is 0 Å². The van der Waals surface area contributed by atoms with Gasteiger partial charge in [0, 0.05) is 32.9 Å². The minimum absolute atomic E-state index is 0. The summed E-state index contributed by atoms with van der Waals surface area (Å²) in [7, 11) is 3.92. The molecule has 0 radical (unpaired) electrons. The second-order valence-electron chi connectivity index (χ2n) is 7.43. The topological polar surface area (TPSA) is 82.2 Å². The molecule has 1 aliphatic carbocycles. The van der Waals surface area contributed by atoms with E-state index in [1.165, 1.54) is 0 Å². The number of urea groups is 1. The molecule has 1 fully saturated rings. The van der Waals surface area contributed by atoms with Crippen molar-refractivity contribution in [3.8, 4) is 0 Å². The van der Waals surface area contributed by atoms with E-state index < -0.39 is 0 Å². The predicted octanol–water partition coefficient (Wildman–Crippen LogP) is 5.06.